The van der Waals surface area contributed by atoms with Gasteiger partial charge in [-0.3, -0.25) is 0 Å². The van der Waals surface area contributed by atoms with E-state index >= 15 is 0 Å². The molecule has 0 amide bonds. The molecular weight excluding hydrogens is 326 g/mol. The van der Waals surface area contributed by atoms with Gasteiger partial charge in [0.2, 0.25) is 0 Å². The van der Waals surface area contributed by atoms with E-state index in [0.29, 0.717) is 13.3 Å². The van der Waals surface area contributed by atoms with Crippen molar-refractivity contribution < 1.29 is 9.47 Å². The highest BCUT2D eigenvalue weighted by atomic mass is 16.6. The molecule has 1 aromatic heterocycles. The molecule has 1 aliphatic heterocycles. The fraction of sp³-hybridized carbons (Fsp3) is 0.143. The minimum atomic E-state index is -0.414. The second-order valence-corrected chi connectivity index (χ2v) is 6.33. The van der Waals surface area contributed by atoms with Gasteiger partial charge in [-0.25, -0.2) is 4.68 Å². The molecule has 4 aromatic rings. The Morgan fingerprint density at radius 3 is 2.50 bits per heavy atom. The highest BCUT2D eigenvalue weighted by molar-refractivity contribution is 5.73. The van der Waals surface area contributed by atoms with Crippen LogP contribution in [0, 0.1) is 0 Å². The third-order valence-corrected chi connectivity index (χ3v) is 4.76. The van der Waals surface area contributed by atoms with Gasteiger partial charge in [0.05, 0.1) is 12.1 Å². The molecule has 0 aliphatic carbocycles. The Labute approximate surface area is 150 Å². The van der Waals surface area contributed by atoms with Gasteiger partial charge in [0, 0.05) is 5.56 Å². The molecule has 128 valence electrons. The summed E-state index contributed by atoms with van der Waals surface area (Å²) >= 11 is 0. The molecular formula is C21H17N3O2. The number of rotatable bonds is 5. The van der Waals surface area contributed by atoms with Crippen molar-refractivity contribution in [3.8, 4) is 5.75 Å². The van der Waals surface area contributed by atoms with E-state index in [2.05, 4.69) is 28.5 Å². The Morgan fingerprint density at radius 2 is 1.65 bits per heavy atom. The summed E-state index contributed by atoms with van der Waals surface area (Å²) in [5, 5.41) is 8.36. The largest absolute Gasteiger partial charge is 0.471 e. The molecule has 26 heavy (non-hydrogen) atoms. The summed E-state index contributed by atoms with van der Waals surface area (Å²) in [4.78, 5) is 0. The highest BCUT2D eigenvalue weighted by Crippen LogP contribution is 2.48. The van der Waals surface area contributed by atoms with Crippen molar-refractivity contribution in [2.45, 2.75) is 12.3 Å². The van der Waals surface area contributed by atoms with Crippen LogP contribution in [0.3, 0.4) is 0 Å². The predicted molar refractivity (Wildman–Crippen MR) is 97.8 cm³/mol. The summed E-state index contributed by atoms with van der Waals surface area (Å²) in [7, 11) is 0. The summed E-state index contributed by atoms with van der Waals surface area (Å²) in [6.45, 7) is 0.950. The normalized spacial score (nSPS) is 18.8. The fourth-order valence-electron chi connectivity index (χ4n) is 3.33. The van der Waals surface area contributed by atoms with Gasteiger partial charge in [0.25, 0.3) is 0 Å². The maximum absolute atomic E-state index is 6.12. The monoisotopic (exact) mass is 343 g/mol. The van der Waals surface area contributed by atoms with Crippen LogP contribution in [0.4, 0.5) is 0 Å². The van der Waals surface area contributed by atoms with Gasteiger partial charge in [-0.1, -0.05) is 65.9 Å². The molecule has 2 heterocycles. The highest BCUT2D eigenvalue weighted by Gasteiger charge is 2.49. The number of aromatic nitrogens is 3. The van der Waals surface area contributed by atoms with Crippen molar-refractivity contribution >= 4 is 11.0 Å². The van der Waals surface area contributed by atoms with Gasteiger partial charge in [-0.15, -0.1) is 5.10 Å². The van der Waals surface area contributed by atoms with Gasteiger partial charge in [-0.2, -0.15) is 0 Å². The second-order valence-electron chi connectivity index (χ2n) is 6.33. The third kappa shape index (κ3) is 2.45. The van der Waals surface area contributed by atoms with Crippen molar-refractivity contribution in [2.75, 3.05) is 6.61 Å². The van der Waals surface area contributed by atoms with Crippen LogP contribution >= 0.6 is 0 Å². The predicted octanol–water partition coefficient (Wildman–Crippen LogP) is 3.74. The number of para-hydroxylation sites is 2. The van der Waals surface area contributed by atoms with Gasteiger partial charge in [0.1, 0.15) is 16.9 Å². The van der Waals surface area contributed by atoms with Crippen molar-refractivity contribution in [3.63, 3.8) is 0 Å². The van der Waals surface area contributed by atoms with Crippen LogP contribution < -0.4 is 4.74 Å². The quantitative estimate of drug-likeness (QED) is 0.518. The Bertz CT molecular complexity index is 1060. The molecule has 0 spiro atoms. The first-order valence-electron chi connectivity index (χ1n) is 8.57. The van der Waals surface area contributed by atoms with Gasteiger partial charge < -0.3 is 9.47 Å². The number of benzene rings is 3. The van der Waals surface area contributed by atoms with E-state index in [1.54, 1.807) is 4.68 Å². The van der Waals surface area contributed by atoms with Gasteiger partial charge >= 0.3 is 0 Å². The number of hydrogen-bond acceptors (Lipinski definition) is 4. The van der Waals surface area contributed by atoms with E-state index in [0.717, 1.165) is 27.9 Å². The molecule has 3 aromatic carbocycles. The van der Waals surface area contributed by atoms with E-state index < -0.39 is 5.60 Å². The first-order valence-corrected chi connectivity index (χ1v) is 8.57. The SMILES string of the molecule is c1ccc(C2(c3ccccc3OCn3nnc4ccccc43)CO2)cc1. The van der Waals surface area contributed by atoms with Crippen LogP contribution in [0.5, 0.6) is 5.75 Å². The van der Waals surface area contributed by atoms with Crippen LogP contribution in [0.1, 0.15) is 11.1 Å². The molecule has 0 saturated carbocycles. The Morgan fingerprint density at radius 1 is 0.923 bits per heavy atom. The topological polar surface area (TPSA) is 52.5 Å². The summed E-state index contributed by atoms with van der Waals surface area (Å²) in [5.74, 6) is 0.799. The number of hydrogen-bond donors (Lipinski definition) is 0. The van der Waals surface area contributed by atoms with E-state index in [9.17, 15) is 0 Å². The molecule has 1 aliphatic rings. The minimum absolute atomic E-state index is 0.294. The summed E-state index contributed by atoms with van der Waals surface area (Å²) in [6, 6.07) is 26.1. The Kier molecular flexibility index (Phi) is 3.47. The van der Waals surface area contributed by atoms with Crippen molar-refractivity contribution in [1.29, 1.82) is 0 Å². The van der Waals surface area contributed by atoms with E-state index in [1.807, 2.05) is 60.7 Å². The number of epoxide rings is 1. The molecule has 1 fully saturated rings. The molecule has 0 N–H and O–H groups in total. The Balaban J connectivity index is 1.46. The van der Waals surface area contributed by atoms with Gasteiger partial charge in [-0.05, 0) is 23.8 Å². The maximum atomic E-state index is 6.12. The zero-order valence-corrected chi connectivity index (χ0v) is 14.1. The molecule has 1 atom stereocenters. The average Bonchev–Trinajstić information content (AvgIpc) is 3.42. The van der Waals surface area contributed by atoms with Gasteiger partial charge in [0.15, 0.2) is 6.73 Å². The lowest BCUT2D eigenvalue weighted by Crippen LogP contribution is -2.14. The third-order valence-electron chi connectivity index (χ3n) is 4.76. The smallest absolute Gasteiger partial charge is 0.183 e. The molecule has 5 heteroatoms. The maximum Gasteiger partial charge on any atom is 0.183 e. The second kappa shape index (κ2) is 5.97. The lowest BCUT2D eigenvalue weighted by atomic mass is 9.91. The summed E-state index contributed by atoms with van der Waals surface area (Å²) in [5.41, 5.74) is 3.57. The number of ether oxygens (including phenoxy) is 2. The standard InChI is InChI=1S/C21H17N3O2/c1-2-8-16(9-3-1)21(14-26-21)17-10-4-7-13-20(17)25-15-24-19-12-6-5-11-18(19)22-23-24/h1-13H,14-15H2. The summed E-state index contributed by atoms with van der Waals surface area (Å²) in [6.07, 6.45) is 0. The van der Waals surface area contributed by atoms with Crippen molar-refractivity contribution in [1.82, 2.24) is 15.0 Å². The molecule has 0 radical (unpaired) electrons. The van der Waals surface area contributed by atoms with E-state index in [-0.39, 0.29) is 0 Å². The zero-order chi connectivity index (χ0) is 17.4. The number of fused-ring (bicyclic) bond motifs is 1. The average molecular weight is 343 g/mol. The minimum Gasteiger partial charge on any atom is -0.471 e. The van der Waals surface area contributed by atoms with E-state index in [1.165, 1.54) is 0 Å². The lowest BCUT2D eigenvalue weighted by Gasteiger charge is -2.17. The summed E-state index contributed by atoms with van der Waals surface area (Å²) < 4.78 is 13.8. The van der Waals surface area contributed by atoms with Crippen molar-refractivity contribution in [3.05, 3.63) is 90.0 Å². The fourth-order valence-corrected chi connectivity index (χ4v) is 3.33. The number of nitrogens with zero attached hydrogens (tertiary/aromatic N) is 3. The van der Waals surface area contributed by atoms with Crippen LogP contribution in [-0.4, -0.2) is 21.6 Å². The van der Waals surface area contributed by atoms with Crippen LogP contribution in [0.25, 0.3) is 11.0 Å². The Hall–Kier alpha value is -3.18. The molecule has 5 nitrogen and oxygen atoms in total. The first-order chi connectivity index (χ1) is 12.9. The molecule has 1 saturated heterocycles. The molecule has 1 unspecified atom stereocenters. The van der Waals surface area contributed by atoms with E-state index in [4.69, 9.17) is 9.47 Å². The van der Waals surface area contributed by atoms with Crippen LogP contribution in [-0.2, 0) is 17.1 Å². The molecule has 0 bridgehead atoms. The molecule has 5 rings (SSSR count). The van der Waals surface area contributed by atoms with Crippen LogP contribution in [0.2, 0.25) is 0 Å². The first kappa shape index (κ1) is 15.1. The van der Waals surface area contributed by atoms with Crippen molar-refractivity contribution in [2.24, 2.45) is 0 Å². The lowest BCUT2D eigenvalue weighted by molar-refractivity contribution is 0.216. The zero-order valence-electron chi connectivity index (χ0n) is 14.1. The van der Waals surface area contributed by atoms with Crippen LogP contribution in [0.15, 0.2) is 78.9 Å².